The van der Waals surface area contributed by atoms with Crippen LogP contribution in [0.4, 0.5) is 43.9 Å². The highest BCUT2D eigenvalue weighted by atomic mass is 19.4. The second-order valence-electron chi connectivity index (χ2n) is 2.86. The normalized spacial score (nSPS) is 17.1. The number of rotatable bonds is 2. The van der Waals surface area contributed by atoms with Crippen molar-refractivity contribution in [3.63, 3.8) is 0 Å². The summed E-state index contributed by atoms with van der Waals surface area (Å²) in [6, 6.07) is 0. The minimum Gasteiger partial charge on any atom is -0.368 e. The number of halogens is 10. The van der Waals surface area contributed by atoms with Gasteiger partial charge in [0.25, 0.3) is 0 Å². The Morgan fingerprint density at radius 3 is 1.06 bits per heavy atom. The summed E-state index contributed by atoms with van der Waals surface area (Å²) in [5.74, 6) is 0. The number of methoxy groups -OCH3 is 1. The summed E-state index contributed by atoms with van der Waals surface area (Å²) in [6.07, 6.45) is -24.5. The summed E-state index contributed by atoms with van der Waals surface area (Å²) in [4.78, 5) is 0. The van der Waals surface area contributed by atoms with Crippen molar-refractivity contribution in [1.29, 1.82) is 0 Å². The van der Waals surface area contributed by atoms with Gasteiger partial charge in [-0.1, -0.05) is 0 Å². The molecule has 0 saturated carbocycles. The second kappa shape index (κ2) is 4.18. The monoisotopic (exact) mass is 282 g/mol. The summed E-state index contributed by atoms with van der Waals surface area (Å²) in [6.45, 7) is 0. The Balaban J connectivity index is 5.81. The van der Waals surface area contributed by atoms with Crippen molar-refractivity contribution in [2.45, 2.75) is 30.3 Å². The average Bonchev–Trinajstić information content (AvgIpc) is 1.97. The summed E-state index contributed by atoms with van der Waals surface area (Å²) < 4.78 is 123. The maximum atomic E-state index is 12.9. The molecule has 0 bridgehead atoms. The van der Waals surface area contributed by atoms with Gasteiger partial charge in [0, 0.05) is 7.11 Å². The fraction of sp³-hybridized carbons (Fsp3) is 1.00. The lowest BCUT2D eigenvalue weighted by Crippen LogP contribution is -2.65. The smallest absolute Gasteiger partial charge is 0.368 e. The molecule has 1 atom stereocenters. The van der Waals surface area contributed by atoms with Gasteiger partial charge in [-0.15, -0.1) is 0 Å². The molecule has 104 valence electrons. The van der Waals surface area contributed by atoms with Crippen LogP contribution in [-0.4, -0.2) is 37.4 Å². The molecule has 0 aromatic carbocycles. The zero-order chi connectivity index (χ0) is 14.3. The summed E-state index contributed by atoms with van der Waals surface area (Å²) in [5.41, 5.74) is -6.52. The Hall–Kier alpha value is -0.740. The summed E-state index contributed by atoms with van der Waals surface area (Å²) in [7, 11) is -0.107. The van der Waals surface area contributed by atoms with Gasteiger partial charge in [0.2, 0.25) is 6.10 Å². The Morgan fingerprint density at radius 1 is 0.706 bits per heavy atom. The van der Waals surface area contributed by atoms with E-state index in [1.54, 1.807) is 0 Å². The third-order valence-corrected chi connectivity index (χ3v) is 1.72. The standard InChI is InChI=1S/C6H4F10O/c1-17-2(4(8,9)10)3(7,5(11,12)13)6(14,15)16/h2H,1H3. The van der Waals surface area contributed by atoms with Crippen molar-refractivity contribution in [1.82, 2.24) is 0 Å². The maximum Gasteiger partial charge on any atom is 0.434 e. The van der Waals surface area contributed by atoms with Gasteiger partial charge < -0.3 is 4.74 Å². The Bertz CT molecular complexity index is 245. The van der Waals surface area contributed by atoms with Gasteiger partial charge in [0.15, 0.2) is 0 Å². The lowest BCUT2D eigenvalue weighted by atomic mass is 9.96. The van der Waals surface area contributed by atoms with E-state index in [1.165, 1.54) is 0 Å². The third kappa shape index (κ3) is 2.75. The van der Waals surface area contributed by atoms with Gasteiger partial charge in [-0.3, -0.25) is 0 Å². The first-order valence-electron chi connectivity index (χ1n) is 3.61. The van der Waals surface area contributed by atoms with E-state index in [0.717, 1.165) is 0 Å². The molecule has 0 fully saturated rings. The number of ether oxygens (including phenoxy) is 1. The molecule has 11 heteroatoms. The number of hydrogen-bond donors (Lipinski definition) is 0. The molecule has 0 heterocycles. The molecule has 0 aromatic heterocycles. The molecule has 17 heavy (non-hydrogen) atoms. The lowest BCUT2D eigenvalue weighted by molar-refractivity contribution is -0.398. The van der Waals surface area contributed by atoms with E-state index in [0.29, 0.717) is 0 Å². The molecule has 0 spiro atoms. The topological polar surface area (TPSA) is 9.23 Å². The van der Waals surface area contributed by atoms with Gasteiger partial charge in [-0.25, -0.2) is 4.39 Å². The van der Waals surface area contributed by atoms with Gasteiger partial charge >= 0.3 is 24.2 Å². The molecule has 0 N–H and O–H groups in total. The number of hydrogen-bond acceptors (Lipinski definition) is 1. The van der Waals surface area contributed by atoms with Crippen LogP contribution in [0.3, 0.4) is 0 Å². The van der Waals surface area contributed by atoms with Crippen molar-refractivity contribution in [2.24, 2.45) is 0 Å². The molecular formula is C6H4F10O. The van der Waals surface area contributed by atoms with Gasteiger partial charge in [0.05, 0.1) is 0 Å². The zero-order valence-electron chi connectivity index (χ0n) is 7.77. The van der Waals surface area contributed by atoms with Crippen LogP contribution in [0.2, 0.25) is 0 Å². The van der Waals surface area contributed by atoms with Crippen molar-refractivity contribution in [3.8, 4) is 0 Å². The molecule has 0 aliphatic heterocycles. The Morgan fingerprint density at radius 2 is 1.00 bits per heavy atom. The van der Waals surface area contributed by atoms with Crippen molar-refractivity contribution in [2.75, 3.05) is 7.11 Å². The predicted octanol–water partition coefficient (Wildman–Crippen LogP) is 3.40. The SMILES string of the molecule is COC(C(F)(F)F)C(F)(C(F)(F)F)C(F)(F)F. The Labute approximate surface area is 87.3 Å². The van der Waals surface area contributed by atoms with E-state index in [9.17, 15) is 43.9 Å². The first-order chi connectivity index (χ1) is 7.19. The highest BCUT2D eigenvalue weighted by Gasteiger charge is 2.81. The summed E-state index contributed by atoms with van der Waals surface area (Å²) >= 11 is 0. The zero-order valence-corrected chi connectivity index (χ0v) is 7.77. The minimum absolute atomic E-state index is 0.107. The van der Waals surface area contributed by atoms with Crippen molar-refractivity contribution < 1.29 is 48.6 Å². The molecule has 0 rings (SSSR count). The van der Waals surface area contributed by atoms with E-state index in [4.69, 9.17) is 0 Å². The quantitative estimate of drug-likeness (QED) is 0.705. The lowest BCUT2D eigenvalue weighted by Gasteiger charge is -2.36. The molecule has 0 amide bonds. The van der Waals surface area contributed by atoms with E-state index < -0.39 is 30.3 Å². The fourth-order valence-corrected chi connectivity index (χ4v) is 0.980. The molecule has 1 nitrogen and oxygen atoms in total. The van der Waals surface area contributed by atoms with E-state index in [1.807, 2.05) is 0 Å². The van der Waals surface area contributed by atoms with E-state index in [-0.39, 0.29) is 7.11 Å². The highest BCUT2D eigenvalue weighted by Crippen LogP contribution is 2.52. The highest BCUT2D eigenvalue weighted by molar-refractivity contribution is 5.03. The van der Waals surface area contributed by atoms with E-state index in [2.05, 4.69) is 4.74 Å². The van der Waals surface area contributed by atoms with Crippen LogP contribution in [0.1, 0.15) is 0 Å². The molecule has 0 aliphatic carbocycles. The first-order valence-corrected chi connectivity index (χ1v) is 3.61. The molecule has 1 unspecified atom stereocenters. The van der Waals surface area contributed by atoms with Crippen LogP contribution in [0.15, 0.2) is 0 Å². The predicted molar refractivity (Wildman–Crippen MR) is 32.8 cm³/mol. The van der Waals surface area contributed by atoms with Crippen LogP contribution >= 0.6 is 0 Å². The minimum atomic E-state index is -6.82. The largest absolute Gasteiger partial charge is 0.434 e. The second-order valence-corrected chi connectivity index (χ2v) is 2.86. The average molecular weight is 282 g/mol. The summed E-state index contributed by atoms with van der Waals surface area (Å²) in [5, 5.41) is 0. The molecular weight excluding hydrogens is 278 g/mol. The van der Waals surface area contributed by atoms with Crippen LogP contribution in [0, 0.1) is 0 Å². The fourth-order valence-electron chi connectivity index (χ4n) is 0.980. The van der Waals surface area contributed by atoms with Crippen LogP contribution in [0.25, 0.3) is 0 Å². The molecule has 0 aromatic rings. The van der Waals surface area contributed by atoms with Crippen LogP contribution < -0.4 is 0 Å². The van der Waals surface area contributed by atoms with Crippen molar-refractivity contribution >= 4 is 0 Å². The van der Waals surface area contributed by atoms with E-state index >= 15 is 0 Å². The molecule has 0 saturated heterocycles. The van der Waals surface area contributed by atoms with Gasteiger partial charge in [-0.05, 0) is 0 Å². The Kier molecular flexibility index (Phi) is 3.99. The first kappa shape index (κ1) is 16.3. The van der Waals surface area contributed by atoms with Crippen molar-refractivity contribution in [3.05, 3.63) is 0 Å². The van der Waals surface area contributed by atoms with Gasteiger partial charge in [-0.2, -0.15) is 39.5 Å². The van der Waals surface area contributed by atoms with Crippen LogP contribution in [0.5, 0.6) is 0 Å². The molecule has 0 aliphatic rings. The maximum absolute atomic E-state index is 12.9. The number of alkyl halides is 10. The van der Waals surface area contributed by atoms with Gasteiger partial charge in [0.1, 0.15) is 0 Å². The third-order valence-electron chi connectivity index (χ3n) is 1.72. The van der Waals surface area contributed by atoms with Crippen LogP contribution in [-0.2, 0) is 4.74 Å². The molecule has 0 radical (unpaired) electrons.